The van der Waals surface area contributed by atoms with Gasteiger partial charge in [-0.1, -0.05) is 0 Å². The number of hydrogen-bond donors (Lipinski definition) is 2. The lowest BCUT2D eigenvalue weighted by Gasteiger charge is -2.23. The van der Waals surface area contributed by atoms with E-state index >= 15 is 0 Å². The number of amides is 1. The van der Waals surface area contributed by atoms with Gasteiger partial charge in [-0.15, -0.1) is 0 Å². The van der Waals surface area contributed by atoms with Crippen LogP contribution in [0.1, 0.15) is 26.2 Å². The van der Waals surface area contributed by atoms with Crippen LogP contribution >= 0.6 is 0 Å². The van der Waals surface area contributed by atoms with E-state index in [0.29, 0.717) is 92.2 Å². The maximum Gasteiger partial charge on any atom is 0.224 e. The van der Waals surface area contributed by atoms with Gasteiger partial charge in [-0.05, 0) is 40.4 Å². The van der Waals surface area contributed by atoms with Gasteiger partial charge in [-0.25, -0.2) is 0 Å². The molecule has 0 unspecified atom stereocenters. The smallest absolute Gasteiger partial charge is 0.224 e. The number of hydrogen-bond acceptors (Lipinski definition) is 9. The number of nitrogens with one attached hydrogen (secondary N) is 2. The molecular weight excluding hydrogens is 430 g/mol. The van der Waals surface area contributed by atoms with Crippen molar-refractivity contribution in [2.45, 2.75) is 26.2 Å². The van der Waals surface area contributed by atoms with Gasteiger partial charge in [-0.3, -0.25) is 4.79 Å². The maximum absolute atomic E-state index is 12.6. The standard InChI is InChI=1S/C23H49N3O7/c1-4-28-15-16-32-21-22-33-20-17-29-12-7-23(27)26(10-6-5-8-24-2)11-14-31-19-18-30-13-9-25-3/h24-25H,4-22H2,1-3H3. The third kappa shape index (κ3) is 24.1. The van der Waals surface area contributed by atoms with Crippen LogP contribution in [0, 0.1) is 0 Å². The Hall–Kier alpha value is -0.850. The summed E-state index contributed by atoms with van der Waals surface area (Å²) >= 11 is 0. The molecule has 0 rings (SSSR count). The largest absolute Gasteiger partial charge is 0.379 e. The number of carbonyl (C=O) groups is 1. The minimum atomic E-state index is 0.0944. The highest BCUT2D eigenvalue weighted by atomic mass is 16.6. The van der Waals surface area contributed by atoms with Crippen LogP contribution in [0.25, 0.3) is 0 Å². The molecule has 0 fully saturated rings. The van der Waals surface area contributed by atoms with E-state index in [1.165, 1.54) is 0 Å². The van der Waals surface area contributed by atoms with Crippen molar-refractivity contribution in [2.24, 2.45) is 0 Å². The van der Waals surface area contributed by atoms with E-state index in [1.807, 2.05) is 25.9 Å². The maximum atomic E-state index is 12.6. The second-order valence-electron chi connectivity index (χ2n) is 7.30. The summed E-state index contributed by atoms with van der Waals surface area (Å²) in [5, 5.41) is 6.17. The molecule has 0 aliphatic heterocycles. The molecule has 1 amide bonds. The second kappa shape index (κ2) is 27.4. The molecule has 0 spiro atoms. The summed E-state index contributed by atoms with van der Waals surface area (Å²) in [6.07, 6.45) is 2.35. The van der Waals surface area contributed by atoms with Gasteiger partial charge in [0.05, 0.1) is 79.1 Å². The van der Waals surface area contributed by atoms with Crippen LogP contribution in [-0.2, 0) is 33.2 Å². The zero-order chi connectivity index (χ0) is 24.2. The number of nitrogens with zero attached hydrogens (tertiary/aromatic N) is 1. The van der Waals surface area contributed by atoms with Gasteiger partial charge < -0.3 is 44.0 Å². The third-order valence-corrected chi connectivity index (χ3v) is 4.61. The molecule has 0 saturated carbocycles. The number of ether oxygens (including phenoxy) is 6. The molecule has 2 N–H and O–H groups in total. The molecule has 0 saturated heterocycles. The lowest BCUT2D eigenvalue weighted by atomic mass is 10.2. The van der Waals surface area contributed by atoms with Crippen molar-refractivity contribution in [2.75, 3.05) is 120 Å². The molecule has 0 aliphatic carbocycles. The second-order valence-corrected chi connectivity index (χ2v) is 7.30. The molecule has 0 aromatic carbocycles. The van der Waals surface area contributed by atoms with E-state index in [2.05, 4.69) is 10.6 Å². The Balaban J connectivity index is 3.84. The molecule has 10 heteroatoms. The van der Waals surface area contributed by atoms with Crippen molar-refractivity contribution in [3.05, 3.63) is 0 Å². The van der Waals surface area contributed by atoms with Crippen LogP contribution in [0.5, 0.6) is 0 Å². The first-order valence-electron chi connectivity index (χ1n) is 12.3. The third-order valence-electron chi connectivity index (χ3n) is 4.61. The van der Waals surface area contributed by atoms with Crippen molar-refractivity contribution in [1.29, 1.82) is 0 Å². The fraction of sp³-hybridized carbons (Fsp3) is 0.957. The topological polar surface area (TPSA) is 99.8 Å². The Labute approximate surface area is 200 Å². The average Bonchev–Trinajstić information content (AvgIpc) is 2.82. The van der Waals surface area contributed by atoms with Gasteiger partial charge in [0.15, 0.2) is 0 Å². The Bertz CT molecular complexity index is 406. The molecule has 0 aromatic rings. The molecule has 0 heterocycles. The predicted molar refractivity (Wildman–Crippen MR) is 129 cm³/mol. The number of unbranched alkanes of at least 4 members (excludes halogenated alkanes) is 1. The van der Waals surface area contributed by atoms with Crippen molar-refractivity contribution in [1.82, 2.24) is 15.5 Å². The van der Waals surface area contributed by atoms with Crippen molar-refractivity contribution in [3.63, 3.8) is 0 Å². The van der Waals surface area contributed by atoms with Gasteiger partial charge in [0.2, 0.25) is 5.91 Å². The van der Waals surface area contributed by atoms with Crippen LogP contribution in [0.4, 0.5) is 0 Å². The van der Waals surface area contributed by atoms with E-state index < -0.39 is 0 Å². The Kier molecular flexibility index (Phi) is 26.7. The molecule has 0 radical (unpaired) electrons. The normalized spacial score (nSPS) is 11.2. The van der Waals surface area contributed by atoms with Crippen LogP contribution in [-0.4, -0.2) is 130 Å². The van der Waals surface area contributed by atoms with E-state index in [1.54, 1.807) is 0 Å². The summed E-state index contributed by atoms with van der Waals surface area (Å²) in [5.41, 5.74) is 0. The predicted octanol–water partition coefficient (Wildman–Crippen LogP) is 0.544. The van der Waals surface area contributed by atoms with Crippen LogP contribution < -0.4 is 10.6 Å². The molecule has 0 bridgehead atoms. The molecule has 0 aromatic heterocycles. The fourth-order valence-corrected chi connectivity index (χ4v) is 2.76. The lowest BCUT2D eigenvalue weighted by molar-refractivity contribution is -0.133. The minimum Gasteiger partial charge on any atom is -0.379 e. The number of carbonyl (C=O) groups excluding carboxylic acids is 1. The fourth-order valence-electron chi connectivity index (χ4n) is 2.76. The SMILES string of the molecule is CCOCCOCCOCCOCCC(=O)N(CCCCNC)CCOCCOCCNC. The highest BCUT2D eigenvalue weighted by Crippen LogP contribution is 2.00. The Morgan fingerprint density at radius 2 is 1.12 bits per heavy atom. The van der Waals surface area contributed by atoms with Gasteiger partial charge in [-0.2, -0.15) is 0 Å². The van der Waals surface area contributed by atoms with Crippen molar-refractivity contribution in [3.8, 4) is 0 Å². The van der Waals surface area contributed by atoms with E-state index in [4.69, 9.17) is 28.4 Å². The summed E-state index contributed by atoms with van der Waals surface area (Å²) in [5.74, 6) is 0.0944. The molecule has 10 nitrogen and oxygen atoms in total. The first-order valence-corrected chi connectivity index (χ1v) is 12.3. The highest BCUT2D eigenvalue weighted by molar-refractivity contribution is 5.76. The zero-order valence-corrected chi connectivity index (χ0v) is 21.2. The Morgan fingerprint density at radius 1 is 0.606 bits per heavy atom. The number of rotatable bonds is 27. The molecule has 198 valence electrons. The first-order chi connectivity index (χ1) is 16.3. The van der Waals surface area contributed by atoms with Crippen LogP contribution in [0.3, 0.4) is 0 Å². The quantitative estimate of drug-likeness (QED) is 0.164. The monoisotopic (exact) mass is 479 g/mol. The van der Waals surface area contributed by atoms with Gasteiger partial charge >= 0.3 is 0 Å². The summed E-state index contributed by atoms with van der Waals surface area (Å²) in [4.78, 5) is 14.5. The van der Waals surface area contributed by atoms with Gasteiger partial charge in [0.25, 0.3) is 0 Å². The minimum absolute atomic E-state index is 0.0944. The van der Waals surface area contributed by atoms with E-state index in [9.17, 15) is 4.79 Å². The highest BCUT2D eigenvalue weighted by Gasteiger charge is 2.13. The molecular formula is C23H49N3O7. The molecule has 33 heavy (non-hydrogen) atoms. The van der Waals surface area contributed by atoms with Gasteiger partial charge in [0, 0.05) is 26.2 Å². The zero-order valence-electron chi connectivity index (χ0n) is 21.2. The van der Waals surface area contributed by atoms with E-state index in [0.717, 1.165) is 32.5 Å². The summed E-state index contributed by atoms with van der Waals surface area (Å²) in [6.45, 7) is 11.6. The van der Waals surface area contributed by atoms with Crippen molar-refractivity contribution < 1.29 is 33.2 Å². The van der Waals surface area contributed by atoms with Crippen molar-refractivity contribution >= 4 is 5.91 Å². The van der Waals surface area contributed by atoms with Crippen LogP contribution in [0.15, 0.2) is 0 Å². The number of likely N-dealkylation sites (N-methyl/N-ethyl adjacent to an activating group) is 1. The molecule has 0 atom stereocenters. The summed E-state index contributed by atoms with van der Waals surface area (Å²) in [7, 11) is 3.83. The summed E-state index contributed by atoms with van der Waals surface area (Å²) < 4.78 is 32.6. The van der Waals surface area contributed by atoms with Gasteiger partial charge in [0.1, 0.15) is 0 Å². The van der Waals surface area contributed by atoms with Crippen LogP contribution in [0.2, 0.25) is 0 Å². The van der Waals surface area contributed by atoms with E-state index in [-0.39, 0.29) is 5.91 Å². The average molecular weight is 480 g/mol. The summed E-state index contributed by atoms with van der Waals surface area (Å²) in [6, 6.07) is 0. The first kappa shape index (κ1) is 32.1. The molecule has 0 aliphatic rings. The Morgan fingerprint density at radius 3 is 1.70 bits per heavy atom. The lowest BCUT2D eigenvalue weighted by Crippen LogP contribution is -2.36.